The molecule has 0 aromatic heterocycles. The first-order valence-corrected chi connectivity index (χ1v) is 9.06. The number of likely N-dealkylation sites (N-methyl/N-ethyl adjacent to an activating group) is 1. The van der Waals surface area contributed by atoms with Gasteiger partial charge in [0.2, 0.25) is 5.91 Å². The van der Waals surface area contributed by atoms with Crippen molar-refractivity contribution in [2.45, 2.75) is 11.4 Å². The highest BCUT2D eigenvalue weighted by Crippen LogP contribution is 2.15. The summed E-state index contributed by atoms with van der Waals surface area (Å²) in [5.74, 6) is -0.186. The fourth-order valence-electron chi connectivity index (χ4n) is 2.20. The van der Waals surface area contributed by atoms with Crippen LogP contribution in [0.1, 0.15) is 5.56 Å². The van der Waals surface area contributed by atoms with Gasteiger partial charge in [0.1, 0.15) is 0 Å². The van der Waals surface area contributed by atoms with Gasteiger partial charge in [0.05, 0.1) is 11.4 Å². The van der Waals surface area contributed by atoms with Crippen molar-refractivity contribution in [3.05, 3.63) is 60.2 Å². The van der Waals surface area contributed by atoms with Crippen LogP contribution in [0.4, 0.5) is 5.69 Å². The molecule has 0 aliphatic heterocycles. The van der Waals surface area contributed by atoms with Crippen LogP contribution in [0.25, 0.3) is 0 Å². The van der Waals surface area contributed by atoms with E-state index in [-0.39, 0.29) is 17.3 Å². The molecule has 2 aromatic rings. The van der Waals surface area contributed by atoms with Gasteiger partial charge >= 0.3 is 0 Å². The molecule has 0 radical (unpaired) electrons. The first-order valence-electron chi connectivity index (χ1n) is 7.17. The number of carbonyl (C=O) groups excluding carboxylic acids is 1. The SMILES string of the molecule is CN(CC(=O)Nc1cccc(S(C)(=O)=O)c1)Cc1ccccc1. The fourth-order valence-corrected chi connectivity index (χ4v) is 2.87. The van der Waals surface area contributed by atoms with Crippen molar-refractivity contribution in [3.63, 3.8) is 0 Å². The highest BCUT2D eigenvalue weighted by atomic mass is 32.2. The van der Waals surface area contributed by atoms with E-state index >= 15 is 0 Å². The molecule has 0 saturated heterocycles. The summed E-state index contributed by atoms with van der Waals surface area (Å²) in [6, 6.07) is 16.1. The predicted octanol–water partition coefficient (Wildman–Crippen LogP) is 2.16. The minimum absolute atomic E-state index is 0.186. The molecular formula is C17H20N2O3S. The lowest BCUT2D eigenvalue weighted by atomic mass is 10.2. The van der Waals surface area contributed by atoms with Crippen LogP contribution in [0.15, 0.2) is 59.5 Å². The van der Waals surface area contributed by atoms with E-state index in [1.54, 1.807) is 12.1 Å². The molecule has 2 aromatic carbocycles. The Bertz CT molecular complexity index is 773. The van der Waals surface area contributed by atoms with E-state index in [0.717, 1.165) is 11.8 Å². The van der Waals surface area contributed by atoms with Crippen molar-refractivity contribution in [3.8, 4) is 0 Å². The Labute approximate surface area is 136 Å². The number of rotatable bonds is 6. The summed E-state index contributed by atoms with van der Waals surface area (Å²) in [5.41, 5.74) is 1.60. The van der Waals surface area contributed by atoms with Crippen molar-refractivity contribution >= 4 is 21.4 Å². The van der Waals surface area contributed by atoms with Gasteiger partial charge in [-0.2, -0.15) is 0 Å². The van der Waals surface area contributed by atoms with Crippen molar-refractivity contribution in [1.29, 1.82) is 0 Å². The molecule has 6 heteroatoms. The van der Waals surface area contributed by atoms with Gasteiger partial charge in [-0.1, -0.05) is 36.4 Å². The Hall–Kier alpha value is -2.18. The minimum atomic E-state index is -3.29. The number of anilines is 1. The molecule has 0 heterocycles. The van der Waals surface area contributed by atoms with E-state index in [9.17, 15) is 13.2 Å². The maximum absolute atomic E-state index is 12.1. The third-order valence-corrected chi connectivity index (χ3v) is 4.37. The van der Waals surface area contributed by atoms with Crippen LogP contribution in [-0.2, 0) is 21.2 Å². The molecule has 0 aliphatic carbocycles. The second kappa shape index (κ2) is 7.39. The lowest BCUT2D eigenvalue weighted by molar-refractivity contribution is -0.117. The number of benzene rings is 2. The normalized spacial score (nSPS) is 11.4. The van der Waals surface area contributed by atoms with Crippen LogP contribution in [0.5, 0.6) is 0 Å². The lowest BCUT2D eigenvalue weighted by Gasteiger charge is -2.16. The Morgan fingerprint density at radius 3 is 2.43 bits per heavy atom. The van der Waals surface area contributed by atoms with Gasteiger partial charge in [-0.3, -0.25) is 9.69 Å². The largest absolute Gasteiger partial charge is 0.325 e. The van der Waals surface area contributed by atoms with E-state index in [1.807, 2.05) is 42.3 Å². The number of nitrogens with one attached hydrogen (secondary N) is 1. The molecule has 0 fully saturated rings. The molecule has 0 bridgehead atoms. The first kappa shape index (κ1) is 17.2. The molecule has 0 atom stereocenters. The average molecular weight is 332 g/mol. The molecule has 122 valence electrons. The summed E-state index contributed by atoms with van der Waals surface area (Å²) >= 11 is 0. The number of hydrogen-bond donors (Lipinski definition) is 1. The quantitative estimate of drug-likeness (QED) is 0.880. The first-order chi connectivity index (χ1) is 10.8. The standard InChI is InChI=1S/C17H20N2O3S/c1-19(12-14-7-4-3-5-8-14)13-17(20)18-15-9-6-10-16(11-15)23(2,21)22/h3-11H,12-13H2,1-2H3,(H,18,20). The van der Waals surface area contributed by atoms with E-state index in [4.69, 9.17) is 0 Å². The molecule has 1 amide bonds. The molecule has 5 nitrogen and oxygen atoms in total. The van der Waals surface area contributed by atoms with Crippen molar-refractivity contribution < 1.29 is 13.2 Å². The zero-order valence-electron chi connectivity index (χ0n) is 13.2. The molecule has 0 saturated carbocycles. The third-order valence-electron chi connectivity index (χ3n) is 3.25. The van der Waals surface area contributed by atoms with E-state index < -0.39 is 9.84 Å². The van der Waals surface area contributed by atoms with Gasteiger partial charge in [-0.15, -0.1) is 0 Å². The third kappa shape index (κ3) is 5.50. The minimum Gasteiger partial charge on any atom is -0.325 e. The van der Waals surface area contributed by atoms with Gasteiger partial charge < -0.3 is 5.32 Å². The molecule has 2 rings (SSSR count). The maximum atomic E-state index is 12.1. The number of sulfone groups is 1. The molecule has 0 aliphatic rings. The Kier molecular flexibility index (Phi) is 5.52. The van der Waals surface area contributed by atoms with Crippen LogP contribution in [0.2, 0.25) is 0 Å². The van der Waals surface area contributed by atoms with Crippen molar-refractivity contribution in [2.75, 3.05) is 25.2 Å². The highest BCUT2D eigenvalue weighted by molar-refractivity contribution is 7.90. The van der Waals surface area contributed by atoms with E-state index in [1.165, 1.54) is 12.1 Å². The van der Waals surface area contributed by atoms with Crippen LogP contribution in [0, 0.1) is 0 Å². The van der Waals surface area contributed by atoms with Gasteiger partial charge in [0.15, 0.2) is 9.84 Å². The topological polar surface area (TPSA) is 66.5 Å². The molecular weight excluding hydrogens is 312 g/mol. The molecule has 1 N–H and O–H groups in total. The molecule has 23 heavy (non-hydrogen) atoms. The monoisotopic (exact) mass is 332 g/mol. The van der Waals surface area contributed by atoms with Gasteiger partial charge in [-0.05, 0) is 30.8 Å². The van der Waals surface area contributed by atoms with Gasteiger partial charge in [-0.25, -0.2) is 8.42 Å². The Morgan fingerprint density at radius 2 is 1.78 bits per heavy atom. The number of carbonyl (C=O) groups is 1. The number of amides is 1. The Morgan fingerprint density at radius 1 is 1.09 bits per heavy atom. The zero-order chi connectivity index (χ0) is 16.9. The van der Waals surface area contributed by atoms with E-state index in [2.05, 4.69) is 5.32 Å². The summed E-state index contributed by atoms with van der Waals surface area (Å²) in [5, 5.41) is 2.73. The van der Waals surface area contributed by atoms with Crippen LogP contribution in [-0.4, -0.2) is 39.1 Å². The Balaban J connectivity index is 1.94. The van der Waals surface area contributed by atoms with Crippen molar-refractivity contribution in [2.24, 2.45) is 0 Å². The lowest BCUT2D eigenvalue weighted by Crippen LogP contribution is -2.29. The zero-order valence-corrected chi connectivity index (χ0v) is 14.0. The van der Waals surface area contributed by atoms with Gasteiger partial charge in [0, 0.05) is 18.5 Å². The second-order valence-electron chi connectivity index (χ2n) is 5.51. The van der Waals surface area contributed by atoms with Gasteiger partial charge in [0.25, 0.3) is 0 Å². The summed E-state index contributed by atoms with van der Waals surface area (Å²) in [6.07, 6.45) is 1.14. The van der Waals surface area contributed by atoms with Crippen LogP contribution >= 0.6 is 0 Å². The summed E-state index contributed by atoms with van der Waals surface area (Å²) in [7, 11) is -1.43. The average Bonchev–Trinajstić information content (AvgIpc) is 2.47. The number of hydrogen-bond acceptors (Lipinski definition) is 4. The van der Waals surface area contributed by atoms with Crippen molar-refractivity contribution in [1.82, 2.24) is 4.90 Å². The number of nitrogens with zero attached hydrogens (tertiary/aromatic N) is 1. The van der Waals surface area contributed by atoms with E-state index in [0.29, 0.717) is 12.2 Å². The van der Waals surface area contributed by atoms with Crippen LogP contribution < -0.4 is 5.32 Å². The summed E-state index contributed by atoms with van der Waals surface area (Å²) in [6.45, 7) is 0.885. The molecule has 0 unspecified atom stereocenters. The smallest absolute Gasteiger partial charge is 0.238 e. The maximum Gasteiger partial charge on any atom is 0.238 e. The predicted molar refractivity (Wildman–Crippen MR) is 91.0 cm³/mol. The highest BCUT2D eigenvalue weighted by Gasteiger charge is 2.10. The summed E-state index contributed by atoms with van der Waals surface area (Å²) < 4.78 is 23.1. The van der Waals surface area contributed by atoms with Crippen LogP contribution in [0.3, 0.4) is 0 Å². The second-order valence-corrected chi connectivity index (χ2v) is 7.52. The molecule has 0 spiro atoms. The fraction of sp³-hybridized carbons (Fsp3) is 0.235. The summed E-state index contributed by atoms with van der Waals surface area (Å²) in [4.78, 5) is 14.2.